The highest BCUT2D eigenvalue weighted by atomic mass is 35.5. The molecule has 1 aromatic carbocycles. The molecule has 0 atom stereocenters. The molecule has 0 radical (unpaired) electrons. The van der Waals surface area contributed by atoms with Gasteiger partial charge in [-0.2, -0.15) is 0 Å². The van der Waals surface area contributed by atoms with Crippen molar-refractivity contribution >= 4 is 74.0 Å². The smallest absolute Gasteiger partial charge is 0.350 e. The number of benzene rings is 1. The van der Waals surface area contributed by atoms with E-state index in [1.54, 1.807) is 19.1 Å². The van der Waals surface area contributed by atoms with Gasteiger partial charge < -0.3 is 15.4 Å². The lowest BCUT2D eigenvalue weighted by atomic mass is 10.2. The number of fused-ring (bicyclic) bond motifs is 1. The second kappa shape index (κ2) is 9.38. The van der Waals surface area contributed by atoms with Crippen molar-refractivity contribution < 1.29 is 18.7 Å². The Balaban J connectivity index is 2.20. The molecule has 3 rings (SSSR count). The minimum atomic E-state index is -0.584. The fraction of sp³-hybridized carbons (Fsp3) is 0.222. The molecule has 152 valence electrons. The zero-order chi connectivity index (χ0) is 21.0. The number of thioether (sulfide) groups is 1. The van der Waals surface area contributed by atoms with E-state index in [4.69, 9.17) is 16.3 Å². The number of halogens is 2. The number of anilines is 3. The number of hydrogen-bond donors (Lipinski definition) is 2. The molecule has 2 heterocycles. The van der Waals surface area contributed by atoms with Gasteiger partial charge in [0.05, 0.1) is 17.7 Å². The number of esters is 1. The summed E-state index contributed by atoms with van der Waals surface area (Å²) in [5, 5.41) is 6.66. The Labute approximate surface area is 179 Å². The van der Waals surface area contributed by atoms with Crippen molar-refractivity contribution in [2.45, 2.75) is 12.1 Å². The van der Waals surface area contributed by atoms with Crippen LogP contribution in [0, 0.1) is 5.82 Å². The van der Waals surface area contributed by atoms with Gasteiger partial charge in [0.25, 0.3) is 0 Å². The number of hydrogen-bond acceptors (Lipinski definition) is 8. The summed E-state index contributed by atoms with van der Waals surface area (Å²) in [4.78, 5) is 34.0. The van der Waals surface area contributed by atoms with Gasteiger partial charge in [-0.05, 0) is 37.4 Å². The second-order valence-electron chi connectivity index (χ2n) is 5.58. The van der Waals surface area contributed by atoms with Crippen LogP contribution in [-0.2, 0) is 9.53 Å². The van der Waals surface area contributed by atoms with Gasteiger partial charge in [-0.25, -0.2) is 19.2 Å². The van der Waals surface area contributed by atoms with Crippen molar-refractivity contribution in [2.75, 3.05) is 29.4 Å². The molecule has 0 spiro atoms. The molecule has 0 aliphatic carbocycles. The van der Waals surface area contributed by atoms with Gasteiger partial charge in [0.2, 0.25) is 5.91 Å². The number of nitrogens with one attached hydrogen (secondary N) is 2. The molecule has 0 bridgehead atoms. The fourth-order valence-corrected chi connectivity index (χ4v) is 3.98. The van der Waals surface area contributed by atoms with Gasteiger partial charge in [-0.15, -0.1) is 22.9 Å². The number of carbonyl (C=O) groups excluding carboxylic acids is 2. The number of alkyl halides is 1. The van der Waals surface area contributed by atoms with Crippen LogP contribution in [0.15, 0.2) is 29.4 Å². The molecule has 29 heavy (non-hydrogen) atoms. The molecule has 2 N–H and O–H groups in total. The van der Waals surface area contributed by atoms with E-state index in [9.17, 15) is 14.0 Å². The molecule has 11 heteroatoms. The van der Waals surface area contributed by atoms with Crippen LogP contribution in [-0.4, -0.2) is 40.6 Å². The van der Waals surface area contributed by atoms with Crippen molar-refractivity contribution in [3.05, 3.63) is 35.0 Å². The normalized spacial score (nSPS) is 10.8. The Morgan fingerprint density at radius 2 is 2.00 bits per heavy atom. The number of thiophene rings is 1. The first kappa shape index (κ1) is 21.3. The standard InChI is InChI=1S/C18H16ClFN4O3S2/c1-3-27-17(26)14-13(22-11(25)8-19)12-15(21-10-6-4-9(20)5-7-10)23-18(28-2)24-16(12)29-14/h4-7H,3,8H2,1-2H3,(H,22,25)(H,21,23,24). The van der Waals surface area contributed by atoms with E-state index < -0.39 is 11.9 Å². The highest BCUT2D eigenvalue weighted by Crippen LogP contribution is 2.40. The molecule has 0 saturated heterocycles. The lowest BCUT2D eigenvalue weighted by molar-refractivity contribution is -0.113. The Kier molecular flexibility index (Phi) is 6.88. The van der Waals surface area contributed by atoms with Gasteiger partial charge in [0, 0.05) is 5.69 Å². The summed E-state index contributed by atoms with van der Waals surface area (Å²) in [6.45, 7) is 1.87. The van der Waals surface area contributed by atoms with Gasteiger partial charge >= 0.3 is 5.97 Å². The third-order valence-corrected chi connectivity index (χ3v) is 5.52. The number of rotatable bonds is 7. The minimum absolute atomic E-state index is 0.179. The lowest BCUT2D eigenvalue weighted by Crippen LogP contribution is -2.15. The van der Waals surface area contributed by atoms with Crippen LogP contribution in [0.2, 0.25) is 0 Å². The minimum Gasteiger partial charge on any atom is -0.462 e. The Morgan fingerprint density at radius 3 is 2.62 bits per heavy atom. The maximum absolute atomic E-state index is 13.2. The van der Waals surface area contributed by atoms with Gasteiger partial charge in [0.1, 0.15) is 27.2 Å². The molecule has 1 amide bonds. The van der Waals surface area contributed by atoms with E-state index in [0.29, 0.717) is 26.9 Å². The number of amides is 1. The number of nitrogens with zero attached hydrogens (tertiary/aromatic N) is 2. The second-order valence-corrected chi connectivity index (χ2v) is 7.62. The summed E-state index contributed by atoms with van der Waals surface area (Å²) in [6.07, 6.45) is 1.82. The molecule has 0 aliphatic rings. The molecule has 7 nitrogen and oxygen atoms in total. The van der Waals surface area contributed by atoms with Crippen LogP contribution in [0.4, 0.5) is 21.6 Å². The maximum Gasteiger partial charge on any atom is 0.350 e. The average Bonchev–Trinajstić information content (AvgIpc) is 3.08. The molecule has 3 aromatic rings. The Bertz CT molecular complexity index is 1060. The summed E-state index contributed by atoms with van der Waals surface area (Å²) in [6, 6.07) is 5.73. The van der Waals surface area contributed by atoms with Gasteiger partial charge in [-0.1, -0.05) is 11.8 Å². The first-order valence-corrected chi connectivity index (χ1v) is 11.0. The van der Waals surface area contributed by atoms with E-state index >= 15 is 0 Å². The third kappa shape index (κ3) is 4.77. The molecule has 0 aliphatic heterocycles. The van der Waals surface area contributed by atoms with Gasteiger partial charge in [0.15, 0.2) is 5.16 Å². The van der Waals surface area contributed by atoms with Gasteiger partial charge in [-0.3, -0.25) is 4.79 Å². The topological polar surface area (TPSA) is 93.2 Å². The van der Waals surface area contributed by atoms with E-state index in [1.807, 2.05) is 6.26 Å². The van der Waals surface area contributed by atoms with Crippen LogP contribution >= 0.6 is 34.7 Å². The van der Waals surface area contributed by atoms with Crippen molar-refractivity contribution in [1.29, 1.82) is 0 Å². The summed E-state index contributed by atoms with van der Waals surface area (Å²) in [5.74, 6) is -1.37. The molecular weight excluding hydrogens is 439 g/mol. The fourth-order valence-electron chi connectivity index (χ4n) is 2.47. The highest BCUT2D eigenvalue weighted by Gasteiger charge is 2.25. The predicted octanol–water partition coefficient (Wildman–Crippen LogP) is 4.65. The first-order chi connectivity index (χ1) is 14.0. The summed E-state index contributed by atoms with van der Waals surface area (Å²) in [5.41, 5.74) is 0.809. The molecule has 0 saturated carbocycles. The van der Waals surface area contributed by atoms with Crippen molar-refractivity contribution in [3.63, 3.8) is 0 Å². The van der Waals surface area contributed by atoms with Crippen LogP contribution in [0.5, 0.6) is 0 Å². The number of aromatic nitrogens is 2. The number of carbonyl (C=O) groups is 2. The predicted molar refractivity (Wildman–Crippen MR) is 114 cm³/mol. The van der Waals surface area contributed by atoms with Crippen molar-refractivity contribution in [3.8, 4) is 0 Å². The monoisotopic (exact) mass is 454 g/mol. The van der Waals surface area contributed by atoms with Crippen molar-refractivity contribution in [1.82, 2.24) is 9.97 Å². The highest BCUT2D eigenvalue weighted by molar-refractivity contribution is 7.98. The summed E-state index contributed by atoms with van der Waals surface area (Å²) >= 11 is 8.04. The van der Waals surface area contributed by atoms with Crippen LogP contribution < -0.4 is 10.6 Å². The third-order valence-electron chi connectivity index (χ3n) is 3.67. The number of ether oxygens (including phenoxy) is 1. The SMILES string of the molecule is CCOC(=O)c1sc2nc(SC)nc(Nc3ccc(F)cc3)c2c1NC(=O)CCl. The first-order valence-electron chi connectivity index (χ1n) is 8.40. The summed E-state index contributed by atoms with van der Waals surface area (Å²) in [7, 11) is 0. The quantitative estimate of drug-likeness (QED) is 0.232. The van der Waals surface area contributed by atoms with E-state index in [-0.39, 0.29) is 28.9 Å². The average molecular weight is 455 g/mol. The zero-order valence-corrected chi connectivity index (χ0v) is 17.8. The summed E-state index contributed by atoms with van der Waals surface area (Å²) < 4.78 is 18.4. The molecule has 0 unspecified atom stereocenters. The lowest BCUT2D eigenvalue weighted by Gasteiger charge is -2.11. The largest absolute Gasteiger partial charge is 0.462 e. The van der Waals surface area contributed by atoms with Crippen LogP contribution in [0.3, 0.4) is 0 Å². The van der Waals surface area contributed by atoms with Crippen LogP contribution in [0.1, 0.15) is 16.6 Å². The van der Waals surface area contributed by atoms with E-state index in [0.717, 1.165) is 11.3 Å². The van der Waals surface area contributed by atoms with E-state index in [1.165, 1.54) is 23.9 Å². The van der Waals surface area contributed by atoms with Crippen molar-refractivity contribution in [2.24, 2.45) is 0 Å². The Hall–Kier alpha value is -2.43. The van der Waals surface area contributed by atoms with Crippen LogP contribution in [0.25, 0.3) is 10.2 Å². The maximum atomic E-state index is 13.2. The molecule has 2 aromatic heterocycles. The van der Waals surface area contributed by atoms with E-state index in [2.05, 4.69) is 20.6 Å². The molecular formula is C18H16ClFN4O3S2. The molecule has 0 fully saturated rings. The zero-order valence-electron chi connectivity index (χ0n) is 15.4. The Morgan fingerprint density at radius 1 is 1.28 bits per heavy atom.